The molecule has 2 aromatic heterocycles. The number of thiazole rings is 1. The van der Waals surface area contributed by atoms with Crippen LogP contribution in [-0.2, 0) is 13.6 Å². The van der Waals surface area contributed by atoms with Gasteiger partial charge in [0.2, 0.25) is 5.95 Å². The van der Waals surface area contributed by atoms with E-state index in [-0.39, 0.29) is 0 Å². The Hall–Kier alpha value is -1.44. The third-order valence-corrected chi connectivity index (χ3v) is 5.55. The molecule has 0 saturated carbocycles. The van der Waals surface area contributed by atoms with Crippen LogP contribution in [0.4, 0.5) is 5.95 Å². The van der Waals surface area contributed by atoms with Crippen molar-refractivity contribution in [2.45, 2.75) is 19.5 Å². The van der Waals surface area contributed by atoms with Crippen LogP contribution >= 0.6 is 11.3 Å². The second-order valence-electron chi connectivity index (χ2n) is 6.36. The van der Waals surface area contributed by atoms with Crippen LogP contribution in [0, 0.1) is 0 Å². The maximum Gasteiger partial charge on any atom is 0.204 e. The van der Waals surface area contributed by atoms with Gasteiger partial charge in [-0.1, -0.05) is 0 Å². The van der Waals surface area contributed by atoms with Crippen LogP contribution in [0.3, 0.4) is 0 Å². The van der Waals surface area contributed by atoms with Crippen LogP contribution in [0.1, 0.15) is 23.7 Å². The SMILES string of the molecule is CC(c1nccs1)N1CCN(Cc2cnc(N(C)C)n2C)CC1. The summed E-state index contributed by atoms with van der Waals surface area (Å²) in [7, 11) is 6.16. The molecule has 1 atom stereocenters. The number of imidazole rings is 1. The Kier molecular flexibility index (Phi) is 4.99. The van der Waals surface area contributed by atoms with E-state index in [2.05, 4.69) is 48.6 Å². The first-order valence-corrected chi connectivity index (χ1v) is 8.98. The smallest absolute Gasteiger partial charge is 0.204 e. The van der Waals surface area contributed by atoms with E-state index in [4.69, 9.17) is 0 Å². The standard InChI is InChI=1S/C16H26N6S/c1-13(15-17-5-10-23-15)22-8-6-21(7-9-22)12-14-11-18-16(19(2)3)20(14)4/h5,10-11,13H,6-9,12H2,1-4H3. The van der Waals surface area contributed by atoms with Crippen LogP contribution < -0.4 is 4.90 Å². The maximum atomic E-state index is 4.50. The molecule has 3 rings (SSSR count). The van der Waals surface area contributed by atoms with E-state index in [1.165, 1.54) is 10.7 Å². The average molecular weight is 334 g/mol. The zero-order chi connectivity index (χ0) is 16.4. The Balaban J connectivity index is 1.55. The highest BCUT2D eigenvalue weighted by molar-refractivity contribution is 7.09. The molecule has 6 nitrogen and oxygen atoms in total. The second-order valence-corrected chi connectivity index (χ2v) is 7.29. The van der Waals surface area contributed by atoms with Crippen molar-refractivity contribution in [2.24, 2.45) is 7.05 Å². The molecule has 0 N–H and O–H groups in total. The number of aromatic nitrogens is 3. The number of anilines is 1. The number of hydrogen-bond donors (Lipinski definition) is 0. The van der Waals surface area contributed by atoms with Crippen molar-refractivity contribution in [1.29, 1.82) is 0 Å². The Bertz CT molecular complexity index is 613. The molecule has 0 aliphatic carbocycles. The zero-order valence-electron chi connectivity index (χ0n) is 14.4. The van der Waals surface area contributed by atoms with Crippen molar-refractivity contribution in [3.63, 3.8) is 0 Å². The minimum atomic E-state index is 0.425. The van der Waals surface area contributed by atoms with E-state index < -0.39 is 0 Å². The van der Waals surface area contributed by atoms with Crippen LogP contribution in [0.5, 0.6) is 0 Å². The Morgan fingerprint density at radius 1 is 1.22 bits per heavy atom. The quantitative estimate of drug-likeness (QED) is 0.834. The zero-order valence-corrected chi connectivity index (χ0v) is 15.3. The average Bonchev–Trinajstić information content (AvgIpc) is 3.18. The van der Waals surface area contributed by atoms with E-state index in [1.54, 1.807) is 11.3 Å². The Labute approximate surface area is 142 Å². The van der Waals surface area contributed by atoms with Crippen LogP contribution in [0.15, 0.2) is 17.8 Å². The lowest BCUT2D eigenvalue weighted by Gasteiger charge is -2.37. The summed E-state index contributed by atoms with van der Waals surface area (Å²) in [5, 5.41) is 3.29. The van der Waals surface area contributed by atoms with Crippen LogP contribution in [0.25, 0.3) is 0 Å². The van der Waals surface area contributed by atoms with E-state index in [1.807, 2.05) is 26.5 Å². The molecule has 0 spiro atoms. The third kappa shape index (κ3) is 3.57. The molecule has 126 valence electrons. The predicted octanol–water partition coefficient (Wildman–Crippen LogP) is 1.82. The molecule has 1 unspecified atom stereocenters. The molecule has 2 aromatic rings. The lowest BCUT2D eigenvalue weighted by Crippen LogP contribution is -2.46. The largest absolute Gasteiger partial charge is 0.348 e. The molecular weight excluding hydrogens is 308 g/mol. The minimum Gasteiger partial charge on any atom is -0.348 e. The molecule has 1 saturated heterocycles. The van der Waals surface area contributed by atoms with E-state index in [0.29, 0.717) is 6.04 Å². The van der Waals surface area contributed by atoms with Gasteiger partial charge in [0, 0.05) is 65.4 Å². The Morgan fingerprint density at radius 3 is 2.52 bits per heavy atom. The molecule has 3 heterocycles. The topological polar surface area (TPSA) is 40.4 Å². The summed E-state index contributed by atoms with van der Waals surface area (Å²) in [6, 6.07) is 0.425. The molecule has 1 aliphatic rings. The second kappa shape index (κ2) is 6.98. The summed E-state index contributed by atoms with van der Waals surface area (Å²) in [4.78, 5) is 16.1. The monoisotopic (exact) mass is 334 g/mol. The first-order chi connectivity index (χ1) is 11.1. The van der Waals surface area contributed by atoms with Crippen LogP contribution in [-0.4, -0.2) is 64.6 Å². The third-order valence-electron chi connectivity index (χ3n) is 4.61. The van der Waals surface area contributed by atoms with Gasteiger partial charge in [-0.2, -0.15) is 0 Å². The number of nitrogens with zero attached hydrogens (tertiary/aromatic N) is 6. The van der Waals surface area contributed by atoms with Crippen molar-refractivity contribution in [3.05, 3.63) is 28.5 Å². The summed E-state index contributed by atoms with van der Waals surface area (Å²) in [5.74, 6) is 1.01. The van der Waals surface area contributed by atoms with E-state index in [9.17, 15) is 0 Å². The maximum absolute atomic E-state index is 4.50. The normalized spacial score (nSPS) is 18.3. The van der Waals surface area contributed by atoms with Gasteiger partial charge in [-0.05, 0) is 6.92 Å². The van der Waals surface area contributed by atoms with Crippen molar-refractivity contribution in [2.75, 3.05) is 45.2 Å². The first-order valence-electron chi connectivity index (χ1n) is 8.10. The molecule has 0 bridgehead atoms. The van der Waals surface area contributed by atoms with Crippen molar-refractivity contribution in [1.82, 2.24) is 24.3 Å². The van der Waals surface area contributed by atoms with E-state index >= 15 is 0 Å². The lowest BCUT2D eigenvalue weighted by molar-refractivity contribution is 0.0964. The first kappa shape index (κ1) is 16.4. The number of piperazine rings is 1. The fraction of sp³-hybridized carbons (Fsp3) is 0.625. The van der Waals surface area contributed by atoms with Gasteiger partial charge < -0.3 is 9.47 Å². The Morgan fingerprint density at radius 2 is 1.96 bits per heavy atom. The summed E-state index contributed by atoms with van der Waals surface area (Å²) in [6.07, 6.45) is 3.90. The van der Waals surface area contributed by atoms with Gasteiger partial charge in [0.05, 0.1) is 17.9 Å². The van der Waals surface area contributed by atoms with Gasteiger partial charge in [0.15, 0.2) is 0 Å². The van der Waals surface area contributed by atoms with Crippen LogP contribution in [0.2, 0.25) is 0 Å². The highest BCUT2D eigenvalue weighted by Crippen LogP contribution is 2.23. The summed E-state index contributed by atoms with van der Waals surface area (Å²) >= 11 is 1.75. The van der Waals surface area contributed by atoms with Crippen molar-refractivity contribution in [3.8, 4) is 0 Å². The number of hydrogen-bond acceptors (Lipinski definition) is 6. The van der Waals surface area contributed by atoms with Gasteiger partial charge in [-0.15, -0.1) is 11.3 Å². The summed E-state index contributed by atoms with van der Waals surface area (Å²) in [5.41, 5.74) is 1.27. The predicted molar refractivity (Wildman–Crippen MR) is 94.9 cm³/mol. The van der Waals surface area contributed by atoms with Gasteiger partial charge in [0.25, 0.3) is 0 Å². The summed E-state index contributed by atoms with van der Waals surface area (Å²) in [6.45, 7) is 7.62. The highest BCUT2D eigenvalue weighted by atomic mass is 32.1. The molecule has 7 heteroatoms. The minimum absolute atomic E-state index is 0.425. The molecule has 1 fully saturated rings. The van der Waals surface area contributed by atoms with Gasteiger partial charge in [-0.25, -0.2) is 9.97 Å². The lowest BCUT2D eigenvalue weighted by atomic mass is 10.2. The molecule has 23 heavy (non-hydrogen) atoms. The molecule has 0 amide bonds. The molecule has 1 aliphatic heterocycles. The number of rotatable bonds is 5. The van der Waals surface area contributed by atoms with Crippen molar-refractivity contribution < 1.29 is 0 Å². The molecule has 0 radical (unpaired) electrons. The molecular formula is C16H26N6S. The van der Waals surface area contributed by atoms with Crippen molar-refractivity contribution >= 4 is 17.3 Å². The van der Waals surface area contributed by atoms with Gasteiger partial charge in [-0.3, -0.25) is 9.80 Å². The fourth-order valence-electron chi connectivity index (χ4n) is 3.13. The molecule has 0 aromatic carbocycles. The van der Waals surface area contributed by atoms with Gasteiger partial charge in [0.1, 0.15) is 5.01 Å². The van der Waals surface area contributed by atoms with Gasteiger partial charge >= 0.3 is 0 Å². The van der Waals surface area contributed by atoms with E-state index in [0.717, 1.165) is 38.7 Å². The summed E-state index contributed by atoms with van der Waals surface area (Å²) < 4.78 is 2.19. The fourth-order valence-corrected chi connectivity index (χ4v) is 3.86. The highest BCUT2D eigenvalue weighted by Gasteiger charge is 2.24.